The van der Waals surface area contributed by atoms with E-state index >= 15 is 0 Å². The Labute approximate surface area is 87.9 Å². The highest BCUT2D eigenvalue weighted by molar-refractivity contribution is 8.00. The second-order valence-electron chi connectivity index (χ2n) is 3.74. The quantitative estimate of drug-likeness (QED) is 0.754. The number of rotatable bonds is 3. The Morgan fingerprint density at radius 2 is 2.57 bits per heavy atom. The van der Waals surface area contributed by atoms with Crippen LogP contribution in [-0.4, -0.2) is 27.1 Å². The van der Waals surface area contributed by atoms with Crippen LogP contribution in [0.25, 0.3) is 0 Å². The van der Waals surface area contributed by atoms with Gasteiger partial charge in [0, 0.05) is 24.9 Å². The number of hydrogen-bond donors (Lipinski definition) is 0. The molecule has 1 aromatic rings. The molecule has 4 heteroatoms. The molecular weight excluding hydrogens is 196 g/mol. The first-order valence-electron chi connectivity index (χ1n) is 4.83. The molecule has 3 nitrogen and oxygen atoms in total. The van der Waals surface area contributed by atoms with Crippen LogP contribution in [0.5, 0.6) is 0 Å². The summed E-state index contributed by atoms with van der Waals surface area (Å²) in [6.45, 7) is 0. The minimum absolute atomic E-state index is 0.292. The van der Waals surface area contributed by atoms with Crippen LogP contribution in [-0.2, 0) is 18.3 Å². The molecule has 0 amide bonds. The third-order valence-electron chi connectivity index (χ3n) is 2.56. The van der Waals surface area contributed by atoms with E-state index in [4.69, 9.17) is 0 Å². The predicted octanol–water partition coefficient (Wildman–Crippen LogP) is 1.28. The molecule has 1 saturated heterocycles. The van der Waals surface area contributed by atoms with Crippen molar-refractivity contribution >= 4 is 17.5 Å². The fourth-order valence-corrected chi connectivity index (χ4v) is 2.89. The van der Waals surface area contributed by atoms with E-state index in [0.717, 1.165) is 24.3 Å². The zero-order valence-corrected chi connectivity index (χ0v) is 9.09. The Hall–Kier alpha value is -0.770. The zero-order chi connectivity index (χ0) is 9.97. The summed E-state index contributed by atoms with van der Waals surface area (Å²) in [7, 11) is 1.92. The number of thioether (sulfide) groups is 1. The average molecular weight is 210 g/mol. The standard InChI is InChI=1S/C10H14N2OS/c1-12-5-8(4-11-12)2-3-9-6-14-7-10(9)13/h4-5,9H,2-3,6-7H2,1H3. The molecule has 1 fully saturated rings. The van der Waals surface area contributed by atoms with E-state index in [-0.39, 0.29) is 0 Å². The molecule has 0 bridgehead atoms. The summed E-state index contributed by atoms with van der Waals surface area (Å²) in [6.07, 6.45) is 5.86. The second kappa shape index (κ2) is 4.17. The van der Waals surface area contributed by atoms with E-state index in [0.29, 0.717) is 11.7 Å². The van der Waals surface area contributed by atoms with Gasteiger partial charge in [0.1, 0.15) is 5.78 Å². The highest BCUT2D eigenvalue weighted by Crippen LogP contribution is 2.24. The van der Waals surface area contributed by atoms with Crippen LogP contribution in [0.2, 0.25) is 0 Å². The van der Waals surface area contributed by atoms with Crippen molar-refractivity contribution in [3.05, 3.63) is 18.0 Å². The third kappa shape index (κ3) is 2.18. The van der Waals surface area contributed by atoms with Crippen molar-refractivity contribution < 1.29 is 4.79 Å². The number of aromatic nitrogens is 2. The molecule has 0 radical (unpaired) electrons. The Bertz CT molecular complexity index is 335. The minimum atomic E-state index is 0.292. The minimum Gasteiger partial charge on any atom is -0.298 e. The van der Waals surface area contributed by atoms with Crippen LogP contribution in [0.1, 0.15) is 12.0 Å². The summed E-state index contributed by atoms with van der Waals surface area (Å²) >= 11 is 1.76. The Balaban J connectivity index is 1.85. The second-order valence-corrected chi connectivity index (χ2v) is 4.77. The smallest absolute Gasteiger partial charge is 0.146 e. The Morgan fingerprint density at radius 3 is 3.14 bits per heavy atom. The van der Waals surface area contributed by atoms with E-state index in [9.17, 15) is 4.79 Å². The van der Waals surface area contributed by atoms with Crippen LogP contribution in [0, 0.1) is 5.92 Å². The van der Waals surface area contributed by atoms with Crippen LogP contribution in [0.3, 0.4) is 0 Å². The summed E-state index contributed by atoms with van der Waals surface area (Å²) in [6, 6.07) is 0. The van der Waals surface area contributed by atoms with Crippen molar-refractivity contribution in [1.82, 2.24) is 9.78 Å². The van der Waals surface area contributed by atoms with Gasteiger partial charge < -0.3 is 0 Å². The fourth-order valence-electron chi connectivity index (χ4n) is 1.70. The van der Waals surface area contributed by atoms with E-state index in [1.807, 2.05) is 19.4 Å². The summed E-state index contributed by atoms with van der Waals surface area (Å²) in [5, 5.41) is 4.11. The maximum absolute atomic E-state index is 11.4. The lowest BCUT2D eigenvalue weighted by Crippen LogP contribution is -2.11. The number of carbonyl (C=O) groups excluding carboxylic acids is 1. The monoisotopic (exact) mass is 210 g/mol. The highest BCUT2D eigenvalue weighted by Gasteiger charge is 2.24. The van der Waals surface area contributed by atoms with Crippen molar-refractivity contribution in [3.8, 4) is 0 Å². The van der Waals surface area contributed by atoms with Gasteiger partial charge >= 0.3 is 0 Å². The van der Waals surface area contributed by atoms with E-state index in [1.165, 1.54) is 5.56 Å². The SMILES string of the molecule is Cn1cc(CCC2CSCC2=O)cn1. The number of aryl methyl sites for hydroxylation is 2. The molecule has 2 heterocycles. The van der Waals surface area contributed by atoms with Gasteiger partial charge in [-0.25, -0.2) is 0 Å². The first-order valence-corrected chi connectivity index (χ1v) is 5.99. The van der Waals surface area contributed by atoms with Gasteiger partial charge in [-0.05, 0) is 18.4 Å². The lowest BCUT2D eigenvalue weighted by molar-refractivity contribution is -0.119. The average Bonchev–Trinajstić information content (AvgIpc) is 2.72. The van der Waals surface area contributed by atoms with Gasteiger partial charge in [0.05, 0.1) is 11.9 Å². The normalized spacial score (nSPS) is 21.8. The topological polar surface area (TPSA) is 34.9 Å². The number of ketones is 1. The third-order valence-corrected chi connectivity index (χ3v) is 3.69. The maximum Gasteiger partial charge on any atom is 0.146 e. The molecule has 1 aliphatic rings. The van der Waals surface area contributed by atoms with Gasteiger partial charge in [0.25, 0.3) is 0 Å². The van der Waals surface area contributed by atoms with Crippen LogP contribution < -0.4 is 0 Å². The van der Waals surface area contributed by atoms with Crippen LogP contribution in [0.15, 0.2) is 12.4 Å². The Morgan fingerprint density at radius 1 is 1.71 bits per heavy atom. The fraction of sp³-hybridized carbons (Fsp3) is 0.600. The van der Waals surface area contributed by atoms with Crippen LogP contribution in [0.4, 0.5) is 0 Å². The number of carbonyl (C=O) groups is 1. The van der Waals surface area contributed by atoms with Crippen molar-refractivity contribution in [2.24, 2.45) is 13.0 Å². The zero-order valence-electron chi connectivity index (χ0n) is 8.27. The van der Waals surface area contributed by atoms with Crippen molar-refractivity contribution in [1.29, 1.82) is 0 Å². The van der Waals surface area contributed by atoms with E-state index < -0.39 is 0 Å². The molecule has 0 aliphatic carbocycles. The van der Waals surface area contributed by atoms with Crippen LogP contribution >= 0.6 is 11.8 Å². The molecule has 1 unspecified atom stereocenters. The molecule has 2 rings (SSSR count). The van der Waals surface area contributed by atoms with Gasteiger partial charge in [-0.15, -0.1) is 0 Å². The molecule has 1 aromatic heterocycles. The van der Waals surface area contributed by atoms with Crippen molar-refractivity contribution in [2.75, 3.05) is 11.5 Å². The number of Topliss-reactive ketones (excluding diaryl/α,β-unsaturated/α-hetero) is 1. The van der Waals surface area contributed by atoms with Gasteiger partial charge in [0.15, 0.2) is 0 Å². The molecule has 76 valence electrons. The summed E-state index contributed by atoms with van der Waals surface area (Å²) < 4.78 is 1.81. The molecule has 0 saturated carbocycles. The first kappa shape index (κ1) is 9.77. The van der Waals surface area contributed by atoms with Gasteiger partial charge in [-0.3, -0.25) is 9.48 Å². The predicted molar refractivity (Wildman–Crippen MR) is 57.4 cm³/mol. The maximum atomic E-state index is 11.4. The molecular formula is C10H14N2OS. The van der Waals surface area contributed by atoms with E-state index in [1.54, 1.807) is 16.4 Å². The molecule has 14 heavy (non-hydrogen) atoms. The summed E-state index contributed by atoms with van der Waals surface area (Å²) in [4.78, 5) is 11.4. The Kier molecular flexibility index (Phi) is 2.91. The van der Waals surface area contributed by atoms with Gasteiger partial charge in [-0.2, -0.15) is 16.9 Å². The van der Waals surface area contributed by atoms with Gasteiger partial charge in [-0.1, -0.05) is 0 Å². The summed E-state index contributed by atoms with van der Waals surface area (Å²) in [5.41, 5.74) is 1.23. The largest absolute Gasteiger partial charge is 0.298 e. The summed E-state index contributed by atoms with van der Waals surface area (Å²) in [5.74, 6) is 2.45. The molecule has 0 spiro atoms. The lowest BCUT2D eigenvalue weighted by atomic mass is 10.00. The molecule has 0 N–H and O–H groups in total. The van der Waals surface area contributed by atoms with E-state index in [2.05, 4.69) is 5.10 Å². The molecule has 0 aromatic carbocycles. The van der Waals surface area contributed by atoms with Crippen molar-refractivity contribution in [3.63, 3.8) is 0 Å². The van der Waals surface area contributed by atoms with Gasteiger partial charge in [0.2, 0.25) is 0 Å². The number of nitrogens with zero attached hydrogens (tertiary/aromatic N) is 2. The van der Waals surface area contributed by atoms with Crippen molar-refractivity contribution in [2.45, 2.75) is 12.8 Å². The highest BCUT2D eigenvalue weighted by atomic mass is 32.2. The first-order chi connectivity index (χ1) is 6.75. The number of hydrogen-bond acceptors (Lipinski definition) is 3. The lowest BCUT2D eigenvalue weighted by Gasteiger charge is -2.04. The molecule has 1 atom stereocenters. The molecule has 1 aliphatic heterocycles.